The van der Waals surface area contributed by atoms with Crippen molar-refractivity contribution < 1.29 is 23.1 Å². The third kappa shape index (κ3) is 4.31. The summed E-state index contributed by atoms with van der Waals surface area (Å²) in [7, 11) is -2.58. The van der Waals surface area contributed by atoms with Crippen molar-refractivity contribution in [2.24, 2.45) is 0 Å². The normalized spacial score (nSPS) is 12.8. The number of methoxy groups -OCH3 is 1. The van der Waals surface area contributed by atoms with Gasteiger partial charge in [-0.25, -0.2) is 8.42 Å². The minimum atomic E-state index is -4.05. The van der Waals surface area contributed by atoms with Crippen molar-refractivity contribution >= 4 is 27.6 Å². The van der Waals surface area contributed by atoms with Gasteiger partial charge in [0.05, 0.1) is 12.0 Å². The molecule has 134 valence electrons. The summed E-state index contributed by atoms with van der Waals surface area (Å²) in [6, 6.07) is 11.2. The van der Waals surface area contributed by atoms with Crippen molar-refractivity contribution in [3.63, 3.8) is 0 Å². The van der Waals surface area contributed by atoms with Gasteiger partial charge >= 0.3 is 5.97 Å². The molecule has 8 heteroatoms. The number of rotatable bonds is 7. The average molecular weight is 384 g/mol. The molecular formula is C17H18ClNO5S. The van der Waals surface area contributed by atoms with Gasteiger partial charge in [-0.15, -0.1) is 0 Å². The molecule has 0 aromatic heterocycles. The summed E-state index contributed by atoms with van der Waals surface area (Å²) in [6.45, 7) is 1.17. The van der Waals surface area contributed by atoms with Crippen molar-refractivity contribution in [2.45, 2.75) is 24.4 Å². The van der Waals surface area contributed by atoms with E-state index >= 15 is 0 Å². The van der Waals surface area contributed by atoms with Crippen molar-refractivity contribution in [2.75, 3.05) is 7.11 Å². The number of hydrogen-bond donors (Lipinski definition) is 1. The van der Waals surface area contributed by atoms with E-state index < -0.39 is 22.0 Å². The standard InChI is InChI=1S/C17H18ClNO5S/c1-12(17(20)21)19(11-13-5-3-4-6-16(13)18)25(22,23)15-9-7-14(24-2)8-10-15/h3-10,12H,11H2,1-2H3,(H,20,21). The summed E-state index contributed by atoms with van der Waals surface area (Å²) in [6.07, 6.45) is 0. The van der Waals surface area contributed by atoms with Crippen molar-refractivity contribution in [1.29, 1.82) is 0 Å². The Bertz CT molecular complexity index is 852. The largest absolute Gasteiger partial charge is 0.497 e. The highest BCUT2D eigenvalue weighted by molar-refractivity contribution is 7.89. The monoisotopic (exact) mass is 383 g/mol. The van der Waals surface area contributed by atoms with Crippen LogP contribution in [0, 0.1) is 0 Å². The fraction of sp³-hybridized carbons (Fsp3) is 0.235. The van der Waals surface area contributed by atoms with Crippen LogP contribution in [0.1, 0.15) is 12.5 Å². The molecule has 0 saturated carbocycles. The number of carboxylic acid groups (broad SMARTS) is 1. The maximum absolute atomic E-state index is 13.0. The lowest BCUT2D eigenvalue weighted by Crippen LogP contribution is -2.42. The molecule has 0 fully saturated rings. The van der Waals surface area contributed by atoms with Gasteiger partial charge in [0.15, 0.2) is 0 Å². The molecule has 0 aliphatic carbocycles. The third-order valence-electron chi connectivity index (χ3n) is 3.74. The van der Waals surface area contributed by atoms with E-state index in [4.69, 9.17) is 16.3 Å². The van der Waals surface area contributed by atoms with Gasteiger partial charge in [-0.05, 0) is 42.8 Å². The highest BCUT2D eigenvalue weighted by Gasteiger charge is 2.33. The summed E-state index contributed by atoms with van der Waals surface area (Å²) in [5.41, 5.74) is 0.523. The first kappa shape index (κ1) is 19.2. The van der Waals surface area contributed by atoms with E-state index in [9.17, 15) is 18.3 Å². The first-order valence-electron chi connectivity index (χ1n) is 7.39. The zero-order valence-corrected chi connectivity index (χ0v) is 15.3. The molecule has 0 bridgehead atoms. The van der Waals surface area contributed by atoms with E-state index in [1.54, 1.807) is 24.3 Å². The molecule has 0 saturated heterocycles. The Labute approximate surface area is 151 Å². The Morgan fingerprint density at radius 3 is 2.32 bits per heavy atom. The van der Waals surface area contributed by atoms with E-state index in [0.717, 1.165) is 4.31 Å². The SMILES string of the molecule is COc1ccc(S(=O)(=O)N(Cc2ccccc2Cl)C(C)C(=O)O)cc1. The molecule has 1 N–H and O–H groups in total. The van der Waals surface area contributed by atoms with Gasteiger partial charge in [-0.3, -0.25) is 4.79 Å². The lowest BCUT2D eigenvalue weighted by molar-refractivity contribution is -0.141. The fourth-order valence-electron chi connectivity index (χ4n) is 2.23. The molecule has 0 spiro atoms. The number of ether oxygens (including phenoxy) is 1. The third-order valence-corrected chi connectivity index (χ3v) is 6.04. The number of nitrogens with zero attached hydrogens (tertiary/aromatic N) is 1. The molecule has 0 heterocycles. The molecule has 2 aromatic carbocycles. The maximum Gasteiger partial charge on any atom is 0.321 e. The minimum Gasteiger partial charge on any atom is -0.497 e. The first-order chi connectivity index (χ1) is 11.8. The molecule has 2 aromatic rings. The van der Waals surface area contributed by atoms with E-state index in [1.807, 2.05) is 0 Å². The highest BCUT2D eigenvalue weighted by Crippen LogP contribution is 2.25. The summed E-state index contributed by atoms with van der Waals surface area (Å²) in [5, 5.41) is 9.70. The van der Waals surface area contributed by atoms with Crippen molar-refractivity contribution in [3.05, 3.63) is 59.1 Å². The van der Waals surface area contributed by atoms with Crippen LogP contribution in [0.25, 0.3) is 0 Å². The topological polar surface area (TPSA) is 83.9 Å². The molecule has 0 amide bonds. The number of hydrogen-bond acceptors (Lipinski definition) is 4. The van der Waals surface area contributed by atoms with Crippen LogP contribution in [-0.4, -0.2) is 37.0 Å². The summed E-state index contributed by atoms with van der Waals surface area (Å²) in [4.78, 5) is 11.4. The molecular weight excluding hydrogens is 366 g/mol. The Morgan fingerprint density at radius 1 is 1.20 bits per heavy atom. The molecule has 1 unspecified atom stereocenters. The van der Waals surface area contributed by atoms with Crippen LogP contribution in [-0.2, 0) is 21.4 Å². The Morgan fingerprint density at radius 2 is 1.80 bits per heavy atom. The van der Waals surface area contributed by atoms with Gasteiger partial charge in [0.1, 0.15) is 11.8 Å². The molecule has 6 nitrogen and oxygen atoms in total. The lowest BCUT2D eigenvalue weighted by atomic mass is 10.2. The number of halogens is 1. The van der Waals surface area contributed by atoms with E-state index in [0.29, 0.717) is 16.3 Å². The first-order valence-corrected chi connectivity index (χ1v) is 9.21. The summed E-state index contributed by atoms with van der Waals surface area (Å²) < 4.78 is 31.9. The molecule has 25 heavy (non-hydrogen) atoms. The predicted molar refractivity (Wildman–Crippen MR) is 94.3 cm³/mol. The van der Waals surface area contributed by atoms with Crippen LogP contribution >= 0.6 is 11.6 Å². The molecule has 0 aliphatic rings. The fourth-order valence-corrected chi connectivity index (χ4v) is 3.99. The second kappa shape index (κ2) is 7.86. The maximum atomic E-state index is 13.0. The smallest absolute Gasteiger partial charge is 0.321 e. The van der Waals surface area contributed by atoms with E-state index in [-0.39, 0.29) is 11.4 Å². The summed E-state index contributed by atoms with van der Waals surface area (Å²) >= 11 is 6.10. The van der Waals surface area contributed by atoms with Gasteiger partial charge in [0, 0.05) is 11.6 Å². The van der Waals surface area contributed by atoms with Crippen molar-refractivity contribution in [1.82, 2.24) is 4.31 Å². The van der Waals surface area contributed by atoms with E-state index in [2.05, 4.69) is 0 Å². The van der Waals surface area contributed by atoms with Gasteiger partial charge < -0.3 is 9.84 Å². The van der Waals surface area contributed by atoms with Crippen LogP contribution in [0.2, 0.25) is 5.02 Å². The number of aliphatic carboxylic acids is 1. The number of carbonyl (C=O) groups is 1. The average Bonchev–Trinajstić information content (AvgIpc) is 2.60. The van der Waals surface area contributed by atoms with Crippen LogP contribution in [0.15, 0.2) is 53.4 Å². The lowest BCUT2D eigenvalue weighted by Gasteiger charge is -2.26. The Balaban J connectivity index is 2.46. The second-order valence-corrected chi connectivity index (χ2v) is 7.63. The van der Waals surface area contributed by atoms with Crippen molar-refractivity contribution in [3.8, 4) is 5.75 Å². The Kier molecular flexibility index (Phi) is 6.05. The molecule has 1 atom stereocenters. The number of benzene rings is 2. The van der Waals surface area contributed by atoms with Gasteiger partial charge in [0.25, 0.3) is 0 Å². The molecule has 0 aliphatic heterocycles. The van der Waals surface area contributed by atoms with Crippen LogP contribution in [0.5, 0.6) is 5.75 Å². The quantitative estimate of drug-likeness (QED) is 0.794. The minimum absolute atomic E-state index is 0.0200. The second-order valence-electron chi connectivity index (χ2n) is 5.33. The van der Waals surface area contributed by atoms with Gasteiger partial charge in [-0.2, -0.15) is 4.31 Å². The van der Waals surface area contributed by atoms with E-state index in [1.165, 1.54) is 38.3 Å². The molecule has 2 rings (SSSR count). The van der Waals surface area contributed by atoms with Crippen LogP contribution in [0.4, 0.5) is 0 Å². The van der Waals surface area contributed by atoms with Gasteiger partial charge in [0.2, 0.25) is 10.0 Å². The number of sulfonamides is 1. The zero-order chi connectivity index (χ0) is 18.6. The number of carboxylic acids is 1. The van der Waals surface area contributed by atoms with Crippen LogP contribution in [0.3, 0.4) is 0 Å². The highest BCUT2D eigenvalue weighted by atomic mass is 35.5. The Hall–Kier alpha value is -2.09. The summed E-state index contributed by atoms with van der Waals surface area (Å²) in [5.74, 6) is -0.743. The predicted octanol–water partition coefficient (Wildman–Crippen LogP) is 3.01. The van der Waals surface area contributed by atoms with Crippen LogP contribution < -0.4 is 4.74 Å². The zero-order valence-electron chi connectivity index (χ0n) is 13.7. The molecule has 0 radical (unpaired) electrons. The van der Waals surface area contributed by atoms with Gasteiger partial charge in [-0.1, -0.05) is 29.8 Å².